The normalized spacial score (nSPS) is 7.31. The standard InChI is InChI=1S/C6H13N.C3H8.C2H6O/c1-4-5-7-6(2)3;1-3-2;1-2-3/h4-5H2,1-3H3;3H2,1-2H3;3H,2H2,1H3. The number of aliphatic hydroxyl groups is 1. The fourth-order valence-corrected chi connectivity index (χ4v) is 0.335. The SMILES string of the molecule is CCC.CCCN=C(C)C.CCO. The van der Waals surface area contributed by atoms with E-state index in [1.807, 2.05) is 13.8 Å². The summed E-state index contributed by atoms with van der Waals surface area (Å²) in [4.78, 5) is 4.16. The molecule has 0 atom stereocenters. The van der Waals surface area contributed by atoms with Gasteiger partial charge in [0.1, 0.15) is 0 Å². The van der Waals surface area contributed by atoms with Crippen molar-refractivity contribution >= 4 is 5.71 Å². The average Bonchev–Trinajstić information content (AvgIpc) is 2.04. The Morgan fingerprint density at radius 1 is 1.08 bits per heavy atom. The highest BCUT2D eigenvalue weighted by Crippen LogP contribution is 1.78. The maximum absolute atomic E-state index is 7.57. The first-order valence-electron chi connectivity index (χ1n) is 5.18. The lowest BCUT2D eigenvalue weighted by Gasteiger charge is -1.85. The van der Waals surface area contributed by atoms with Crippen LogP contribution < -0.4 is 0 Å². The molecule has 0 aliphatic heterocycles. The number of aliphatic imine (C=N–C) groups is 1. The minimum Gasteiger partial charge on any atom is -0.397 e. The minimum absolute atomic E-state index is 0.250. The Balaban J connectivity index is -0.000000140. The molecule has 0 rings (SSSR count). The van der Waals surface area contributed by atoms with Gasteiger partial charge in [-0.3, -0.25) is 4.99 Å². The molecule has 13 heavy (non-hydrogen) atoms. The molecule has 1 N–H and O–H groups in total. The summed E-state index contributed by atoms with van der Waals surface area (Å²) in [6, 6.07) is 0. The van der Waals surface area contributed by atoms with Crippen LogP contribution in [0.25, 0.3) is 0 Å². The van der Waals surface area contributed by atoms with Gasteiger partial charge in [-0.25, -0.2) is 0 Å². The Labute approximate surface area is 84.1 Å². The lowest BCUT2D eigenvalue weighted by atomic mass is 10.4. The molecule has 0 spiro atoms. The summed E-state index contributed by atoms with van der Waals surface area (Å²) < 4.78 is 0. The van der Waals surface area contributed by atoms with Gasteiger partial charge in [0.05, 0.1) is 0 Å². The first-order chi connectivity index (χ1) is 6.10. The van der Waals surface area contributed by atoms with Crippen LogP contribution in [0, 0.1) is 0 Å². The van der Waals surface area contributed by atoms with Gasteiger partial charge in [0.25, 0.3) is 0 Å². The lowest BCUT2D eigenvalue weighted by molar-refractivity contribution is 0.318. The quantitative estimate of drug-likeness (QED) is 0.664. The Kier molecular flexibility index (Phi) is 32.0. The number of rotatable bonds is 2. The number of aliphatic hydroxyl groups excluding tert-OH is 1. The molecule has 0 amide bonds. The summed E-state index contributed by atoms with van der Waals surface area (Å²) in [5.74, 6) is 0. The van der Waals surface area contributed by atoms with Crippen LogP contribution in [-0.4, -0.2) is 24.0 Å². The maximum atomic E-state index is 7.57. The van der Waals surface area contributed by atoms with Crippen molar-refractivity contribution < 1.29 is 5.11 Å². The van der Waals surface area contributed by atoms with E-state index >= 15 is 0 Å². The predicted molar refractivity (Wildman–Crippen MR) is 62.7 cm³/mol. The van der Waals surface area contributed by atoms with Crippen molar-refractivity contribution in [3.05, 3.63) is 0 Å². The van der Waals surface area contributed by atoms with E-state index in [-0.39, 0.29) is 6.61 Å². The van der Waals surface area contributed by atoms with Crippen molar-refractivity contribution in [1.29, 1.82) is 0 Å². The molecule has 82 valence electrons. The molecule has 0 fully saturated rings. The Morgan fingerprint density at radius 3 is 1.46 bits per heavy atom. The molecule has 0 aliphatic carbocycles. The van der Waals surface area contributed by atoms with Gasteiger partial charge in [-0.1, -0.05) is 27.2 Å². The van der Waals surface area contributed by atoms with Gasteiger partial charge in [0, 0.05) is 18.9 Å². The van der Waals surface area contributed by atoms with Crippen LogP contribution in [-0.2, 0) is 0 Å². The van der Waals surface area contributed by atoms with Crippen LogP contribution in [0.2, 0.25) is 0 Å². The summed E-state index contributed by atoms with van der Waals surface area (Å²) in [5.41, 5.74) is 1.18. The number of hydrogen-bond acceptors (Lipinski definition) is 2. The molecule has 0 aliphatic rings. The molecule has 0 bridgehead atoms. The van der Waals surface area contributed by atoms with Crippen molar-refractivity contribution in [1.82, 2.24) is 0 Å². The third kappa shape index (κ3) is 81.9. The lowest BCUT2D eigenvalue weighted by Crippen LogP contribution is -1.82. The van der Waals surface area contributed by atoms with E-state index in [9.17, 15) is 0 Å². The molecule has 0 aromatic rings. The summed E-state index contributed by atoms with van der Waals surface area (Å²) in [5, 5.41) is 7.57. The molecule has 0 radical (unpaired) electrons. The second kappa shape index (κ2) is 22.6. The zero-order valence-electron chi connectivity index (χ0n) is 10.2. The molecule has 0 aromatic carbocycles. The highest BCUT2D eigenvalue weighted by atomic mass is 16.2. The van der Waals surface area contributed by atoms with Crippen molar-refractivity contribution in [2.75, 3.05) is 13.2 Å². The molecule has 0 saturated carbocycles. The van der Waals surface area contributed by atoms with Gasteiger partial charge in [-0.2, -0.15) is 0 Å². The molecular weight excluding hydrogens is 162 g/mol. The van der Waals surface area contributed by atoms with E-state index in [1.165, 1.54) is 12.1 Å². The van der Waals surface area contributed by atoms with E-state index in [0.717, 1.165) is 13.0 Å². The van der Waals surface area contributed by atoms with Gasteiger partial charge < -0.3 is 5.11 Å². The largest absolute Gasteiger partial charge is 0.397 e. The molecule has 2 heteroatoms. The highest BCUT2D eigenvalue weighted by molar-refractivity contribution is 5.78. The first-order valence-corrected chi connectivity index (χ1v) is 5.18. The van der Waals surface area contributed by atoms with E-state index in [0.29, 0.717) is 0 Å². The molecule has 0 heterocycles. The van der Waals surface area contributed by atoms with Crippen LogP contribution in [0.3, 0.4) is 0 Å². The number of nitrogens with zero attached hydrogens (tertiary/aromatic N) is 1. The van der Waals surface area contributed by atoms with Gasteiger partial charge in [-0.05, 0) is 27.2 Å². The fourth-order valence-electron chi connectivity index (χ4n) is 0.335. The van der Waals surface area contributed by atoms with Crippen LogP contribution in [0.5, 0.6) is 0 Å². The van der Waals surface area contributed by atoms with Gasteiger partial charge in [-0.15, -0.1) is 0 Å². The fraction of sp³-hybridized carbons (Fsp3) is 0.909. The maximum Gasteiger partial charge on any atom is 0.0402 e. The second-order valence-corrected chi connectivity index (χ2v) is 2.85. The van der Waals surface area contributed by atoms with Crippen molar-refractivity contribution in [3.63, 3.8) is 0 Å². The van der Waals surface area contributed by atoms with Gasteiger partial charge in [0.15, 0.2) is 0 Å². The predicted octanol–water partition coefficient (Wildman–Crippen LogP) is 3.29. The van der Waals surface area contributed by atoms with E-state index in [4.69, 9.17) is 5.11 Å². The first kappa shape index (κ1) is 18.4. The molecule has 0 saturated heterocycles. The highest BCUT2D eigenvalue weighted by Gasteiger charge is 1.73. The minimum atomic E-state index is 0.250. The van der Waals surface area contributed by atoms with E-state index < -0.39 is 0 Å². The third-order valence-electron chi connectivity index (χ3n) is 0.652. The van der Waals surface area contributed by atoms with Crippen molar-refractivity contribution in [3.8, 4) is 0 Å². The van der Waals surface area contributed by atoms with Crippen molar-refractivity contribution in [2.24, 2.45) is 4.99 Å². The van der Waals surface area contributed by atoms with Crippen LogP contribution in [0.4, 0.5) is 0 Å². The Morgan fingerprint density at radius 2 is 1.38 bits per heavy atom. The van der Waals surface area contributed by atoms with Gasteiger partial charge in [0.2, 0.25) is 0 Å². The summed E-state index contributed by atoms with van der Waals surface area (Å²) in [6.07, 6.45) is 2.41. The van der Waals surface area contributed by atoms with E-state index in [2.05, 4.69) is 25.8 Å². The van der Waals surface area contributed by atoms with E-state index in [1.54, 1.807) is 6.92 Å². The van der Waals surface area contributed by atoms with Crippen LogP contribution >= 0.6 is 0 Å². The molecule has 0 aromatic heterocycles. The summed E-state index contributed by atoms with van der Waals surface area (Å²) >= 11 is 0. The zero-order chi connectivity index (χ0) is 11.1. The Bertz CT molecular complexity index is 84.1. The Hall–Kier alpha value is -0.370. The second-order valence-electron chi connectivity index (χ2n) is 2.85. The topological polar surface area (TPSA) is 32.6 Å². The van der Waals surface area contributed by atoms with Crippen molar-refractivity contribution in [2.45, 2.75) is 54.4 Å². The number of hydrogen-bond donors (Lipinski definition) is 1. The monoisotopic (exact) mass is 189 g/mol. The van der Waals surface area contributed by atoms with Crippen LogP contribution in [0.1, 0.15) is 54.4 Å². The summed E-state index contributed by atoms with van der Waals surface area (Å²) in [7, 11) is 0. The average molecular weight is 189 g/mol. The zero-order valence-corrected chi connectivity index (χ0v) is 10.2. The smallest absolute Gasteiger partial charge is 0.0402 e. The summed E-state index contributed by atoms with van der Waals surface area (Å²) in [6.45, 7) is 13.3. The van der Waals surface area contributed by atoms with Gasteiger partial charge >= 0.3 is 0 Å². The molecule has 0 unspecified atom stereocenters. The molecular formula is C11H27NO. The van der Waals surface area contributed by atoms with Crippen LogP contribution in [0.15, 0.2) is 4.99 Å². The third-order valence-corrected chi connectivity index (χ3v) is 0.652. The molecule has 2 nitrogen and oxygen atoms in total.